The standard InChI is InChI=1S/C15H27NOSi/c1-15(2,3)18(4,5)17-12-11-14(16)13-9-7-6-8-10-13/h6-10,14H,11-12,16H2,1-5H3. The van der Waals surface area contributed by atoms with Gasteiger partial charge in [0.25, 0.3) is 0 Å². The average Bonchev–Trinajstić information content (AvgIpc) is 2.28. The lowest BCUT2D eigenvalue weighted by atomic mass is 10.1. The van der Waals surface area contributed by atoms with Crippen LogP contribution in [-0.4, -0.2) is 14.9 Å². The quantitative estimate of drug-likeness (QED) is 0.814. The zero-order chi connectivity index (χ0) is 13.8. The van der Waals surface area contributed by atoms with Gasteiger partial charge < -0.3 is 10.2 Å². The molecule has 0 aliphatic rings. The van der Waals surface area contributed by atoms with Crippen LogP contribution in [0.5, 0.6) is 0 Å². The Kier molecular flexibility index (Phi) is 5.14. The van der Waals surface area contributed by atoms with E-state index >= 15 is 0 Å². The van der Waals surface area contributed by atoms with Crippen LogP contribution in [0.3, 0.4) is 0 Å². The van der Waals surface area contributed by atoms with Crippen LogP contribution in [0.1, 0.15) is 38.8 Å². The van der Waals surface area contributed by atoms with Crippen LogP contribution in [0.15, 0.2) is 30.3 Å². The fourth-order valence-corrected chi connectivity index (χ4v) is 2.59. The summed E-state index contributed by atoms with van der Waals surface area (Å²) in [6.07, 6.45) is 0.885. The summed E-state index contributed by atoms with van der Waals surface area (Å²) < 4.78 is 6.14. The molecule has 0 spiro atoms. The Morgan fingerprint density at radius 2 is 1.72 bits per heavy atom. The van der Waals surface area contributed by atoms with Gasteiger partial charge in [0, 0.05) is 12.6 Å². The predicted octanol–water partition coefficient (Wildman–Crippen LogP) is 4.10. The first-order valence-electron chi connectivity index (χ1n) is 6.68. The minimum atomic E-state index is -1.63. The molecule has 0 saturated carbocycles. The fourth-order valence-electron chi connectivity index (χ4n) is 1.52. The molecule has 0 aromatic heterocycles. The van der Waals surface area contributed by atoms with Crippen molar-refractivity contribution in [3.05, 3.63) is 35.9 Å². The van der Waals surface area contributed by atoms with Crippen molar-refractivity contribution in [1.29, 1.82) is 0 Å². The van der Waals surface area contributed by atoms with E-state index in [1.165, 1.54) is 5.56 Å². The summed E-state index contributed by atoms with van der Waals surface area (Å²) in [5.74, 6) is 0. The number of nitrogens with two attached hydrogens (primary N) is 1. The van der Waals surface area contributed by atoms with Crippen molar-refractivity contribution in [2.45, 2.75) is 51.4 Å². The average molecular weight is 265 g/mol. The van der Waals surface area contributed by atoms with E-state index in [2.05, 4.69) is 46.0 Å². The molecule has 3 heteroatoms. The third kappa shape index (κ3) is 4.23. The van der Waals surface area contributed by atoms with Crippen molar-refractivity contribution >= 4 is 8.32 Å². The van der Waals surface area contributed by atoms with Gasteiger partial charge in [-0.05, 0) is 30.1 Å². The van der Waals surface area contributed by atoms with Gasteiger partial charge in [0.1, 0.15) is 0 Å². The molecule has 0 heterocycles. The normalized spacial score (nSPS) is 14.6. The molecule has 0 aliphatic heterocycles. The largest absolute Gasteiger partial charge is 0.417 e. The molecule has 1 atom stereocenters. The van der Waals surface area contributed by atoms with Gasteiger partial charge in [-0.25, -0.2) is 0 Å². The van der Waals surface area contributed by atoms with Crippen molar-refractivity contribution in [1.82, 2.24) is 0 Å². The monoisotopic (exact) mass is 265 g/mol. The third-order valence-electron chi connectivity index (χ3n) is 3.93. The van der Waals surface area contributed by atoms with Gasteiger partial charge in [0.05, 0.1) is 0 Å². The molecule has 0 radical (unpaired) electrons. The second-order valence-corrected chi connectivity index (χ2v) is 11.2. The van der Waals surface area contributed by atoms with E-state index in [1.807, 2.05) is 18.2 Å². The second kappa shape index (κ2) is 6.00. The molecule has 2 N–H and O–H groups in total. The summed E-state index contributed by atoms with van der Waals surface area (Å²) in [4.78, 5) is 0. The minimum absolute atomic E-state index is 0.0796. The van der Waals surface area contributed by atoms with Crippen LogP contribution in [0.25, 0.3) is 0 Å². The molecule has 0 bridgehead atoms. The third-order valence-corrected chi connectivity index (χ3v) is 8.46. The van der Waals surface area contributed by atoms with E-state index in [1.54, 1.807) is 0 Å². The van der Waals surface area contributed by atoms with Crippen LogP contribution < -0.4 is 5.73 Å². The summed E-state index contributed by atoms with van der Waals surface area (Å²) in [6, 6.07) is 10.3. The summed E-state index contributed by atoms with van der Waals surface area (Å²) in [7, 11) is -1.63. The summed E-state index contributed by atoms with van der Waals surface area (Å²) in [5, 5.41) is 0.268. The van der Waals surface area contributed by atoms with Gasteiger partial charge in [-0.3, -0.25) is 0 Å². The molecule has 1 aromatic rings. The molecule has 0 fully saturated rings. The molecular formula is C15H27NOSi. The molecule has 1 rings (SSSR count). The Balaban J connectivity index is 2.43. The van der Waals surface area contributed by atoms with E-state index in [0.29, 0.717) is 0 Å². The number of rotatable bonds is 5. The summed E-state index contributed by atoms with van der Waals surface area (Å²) in [6.45, 7) is 12.1. The Bertz CT molecular complexity index is 357. The van der Waals surface area contributed by atoms with Crippen LogP contribution in [0, 0.1) is 0 Å². The van der Waals surface area contributed by atoms with Gasteiger partial charge >= 0.3 is 0 Å². The lowest BCUT2D eigenvalue weighted by molar-refractivity contribution is 0.272. The smallest absolute Gasteiger partial charge is 0.191 e. The Hall–Kier alpha value is -0.643. The Labute approximate surface area is 113 Å². The lowest BCUT2D eigenvalue weighted by Crippen LogP contribution is -2.41. The first kappa shape index (κ1) is 15.4. The highest BCUT2D eigenvalue weighted by molar-refractivity contribution is 6.74. The minimum Gasteiger partial charge on any atom is -0.417 e. The van der Waals surface area contributed by atoms with Crippen LogP contribution >= 0.6 is 0 Å². The highest BCUT2D eigenvalue weighted by Gasteiger charge is 2.36. The maximum absolute atomic E-state index is 6.17. The van der Waals surface area contributed by atoms with Gasteiger partial charge in [-0.1, -0.05) is 51.1 Å². The maximum atomic E-state index is 6.17. The number of hydrogen-bond donors (Lipinski definition) is 1. The van der Waals surface area contributed by atoms with Crippen molar-refractivity contribution < 1.29 is 4.43 Å². The van der Waals surface area contributed by atoms with E-state index in [0.717, 1.165) is 13.0 Å². The van der Waals surface area contributed by atoms with Crippen molar-refractivity contribution in [3.8, 4) is 0 Å². The zero-order valence-corrected chi connectivity index (χ0v) is 13.4. The van der Waals surface area contributed by atoms with E-state index < -0.39 is 8.32 Å². The molecule has 102 valence electrons. The van der Waals surface area contributed by atoms with E-state index in [-0.39, 0.29) is 11.1 Å². The highest BCUT2D eigenvalue weighted by Crippen LogP contribution is 2.36. The molecule has 2 nitrogen and oxygen atoms in total. The van der Waals surface area contributed by atoms with Crippen molar-refractivity contribution in [3.63, 3.8) is 0 Å². The molecule has 1 aromatic carbocycles. The first-order chi connectivity index (χ1) is 8.24. The van der Waals surface area contributed by atoms with Crippen molar-refractivity contribution in [2.75, 3.05) is 6.61 Å². The van der Waals surface area contributed by atoms with Gasteiger partial charge in [-0.15, -0.1) is 0 Å². The van der Waals surface area contributed by atoms with Gasteiger partial charge in [0.15, 0.2) is 8.32 Å². The van der Waals surface area contributed by atoms with E-state index in [9.17, 15) is 0 Å². The van der Waals surface area contributed by atoms with E-state index in [4.69, 9.17) is 10.2 Å². The number of hydrogen-bond acceptors (Lipinski definition) is 2. The van der Waals surface area contributed by atoms with Gasteiger partial charge in [-0.2, -0.15) is 0 Å². The predicted molar refractivity (Wildman–Crippen MR) is 81.1 cm³/mol. The van der Waals surface area contributed by atoms with Crippen molar-refractivity contribution in [2.24, 2.45) is 5.73 Å². The second-order valence-electron chi connectivity index (χ2n) is 6.41. The molecule has 0 saturated heterocycles. The first-order valence-corrected chi connectivity index (χ1v) is 9.59. The van der Waals surface area contributed by atoms with Crippen LogP contribution in [0.4, 0.5) is 0 Å². The Morgan fingerprint density at radius 1 is 1.17 bits per heavy atom. The Morgan fingerprint density at radius 3 is 2.22 bits per heavy atom. The molecule has 18 heavy (non-hydrogen) atoms. The number of benzene rings is 1. The molecule has 1 unspecified atom stereocenters. The fraction of sp³-hybridized carbons (Fsp3) is 0.600. The van der Waals surface area contributed by atoms with Crippen LogP contribution in [-0.2, 0) is 4.43 Å². The SMILES string of the molecule is CC(C)(C)[Si](C)(C)OCCC(N)c1ccccc1. The lowest BCUT2D eigenvalue weighted by Gasteiger charge is -2.36. The summed E-state index contributed by atoms with van der Waals surface area (Å²) in [5.41, 5.74) is 7.36. The topological polar surface area (TPSA) is 35.2 Å². The van der Waals surface area contributed by atoms with Gasteiger partial charge in [0.2, 0.25) is 0 Å². The molecule has 0 amide bonds. The summed E-state index contributed by atoms with van der Waals surface area (Å²) >= 11 is 0. The molecule has 0 aliphatic carbocycles. The van der Waals surface area contributed by atoms with Crippen LogP contribution in [0.2, 0.25) is 18.1 Å². The highest BCUT2D eigenvalue weighted by atomic mass is 28.4. The maximum Gasteiger partial charge on any atom is 0.191 e. The molecular weight excluding hydrogens is 238 g/mol. The zero-order valence-electron chi connectivity index (χ0n) is 12.4.